The van der Waals surface area contributed by atoms with Crippen molar-refractivity contribution in [1.29, 1.82) is 0 Å². The molecular formula is C10H22ClN3. The van der Waals surface area contributed by atoms with Crippen LogP contribution in [0.15, 0.2) is 9.98 Å². The lowest BCUT2D eigenvalue weighted by Crippen LogP contribution is -2.27. The Bertz CT molecular complexity index is 174. The molecule has 0 aliphatic carbocycles. The van der Waals surface area contributed by atoms with Crippen LogP contribution in [0, 0.1) is 0 Å². The summed E-state index contributed by atoms with van der Waals surface area (Å²) in [6, 6.07) is 3.32. The summed E-state index contributed by atoms with van der Waals surface area (Å²) in [7, 11) is 4.22. The fourth-order valence-corrected chi connectivity index (χ4v) is 1.21. The van der Waals surface area contributed by atoms with Gasteiger partial charge in [-0.05, 0) is 33.9 Å². The van der Waals surface area contributed by atoms with Gasteiger partial charge in [-0.2, -0.15) is 0 Å². The molecule has 0 aliphatic rings. The number of nitrogens with zero attached hydrogens (tertiary/aromatic N) is 3. The summed E-state index contributed by atoms with van der Waals surface area (Å²) in [5, 5.41) is 0. The molecule has 84 valence electrons. The van der Waals surface area contributed by atoms with Gasteiger partial charge in [-0.15, -0.1) is 12.4 Å². The molecule has 0 saturated heterocycles. The van der Waals surface area contributed by atoms with E-state index >= 15 is 0 Å². The highest BCUT2D eigenvalue weighted by Gasteiger charge is 2.06. The van der Waals surface area contributed by atoms with Gasteiger partial charge in [0.2, 0.25) is 0 Å². The lowest BCUT2D eigenvalue weighted by molar-refractivity contribution is 0.274. The summed E-state index contributed by atoms with van der Waals surface area (Å²) in [6.07, 6.45) is 2.27. The molecule has 0 aliphatic heterocycles. The third-order valence-corrected chi connectivity index (χ3v) is 2.08. The highest BCUT2D eigenvalue weighted by molar-refractivity contribution is 5.85. The molecule has 0 fully saturated rings. The van der Waals surface area contributed by atoms with Gasteiger partial charge < -0.3 is 4.90 Å². The Hall–Kier alpha value is -0.370. The average molecular weight is 220 g/mol. The van der Waals surface area contributed by atoms with Gasteiger partial charge in [-0.3, -0.25) is 0 Å². The molecule has 0 saturated carbocycles. The molecule has 0 amide bonds. The monoisotopic (exact) mass is 219 g/mol. The Morgan fingerprint density at radius 3 is 2.29 bits per heavy atom. The molecule has 0 radical (unpaired) electrons. The highest BCUT2D eigenvalue weighted by atomic mass is 35.5. The van der Waals surface area contributed by atoms with Gasteiger partial charge in [0.05, 0.1) is 12.6 Å². The van der Waals surface area contributed by atoms with Crippen LogP contribution in [0.4, 0.5) is 0 Å². The van der Waals surface area contributed by atoms with Gasteiger partial charge in [0.15, 0.2) is 0 Å². The zero-order valence-corrected chi connectivity index (χ0v) is 10.5. The molecule has 0 aromatic rings. The summed E-state index contributed by atoms with van der Waals surface area (Å²) in [6.45, 7) is 5.79. The Labute approximate surface area is 93.7 Å². The van der Waals surface area contributed by atoms with E-state index < -0.39 is 0 Å². The molecule has 0 spiro atoms. The van der Waals surface area contributed by atoms with E-state index in [4.69, 9.17) is 0 Å². The molecule has 0 N–H and O–H groups in total. The molecule has 14 heavy (non-hydrogen) atoms. The van der Waals surface area contributed by atoms with Crippen molar-refractivity contribution in [2.24, 2.45) is 9.98 Å². The van der Waals surface area contributed by atoms with E-state index in [1.165, 1.54) is 6.42 Å². The minimum atomic E-state index is 0. The topological polar surface area (TPSA) is 28.0 Å². The minimum absolute atomic E-state index is 0. The molecule has 0 bridgehead atoms. The molecule has 0 aromatic heterocycles. The summed E-state index contributed by atoms with van der Waals surface area (Å²) in [5.74, 6) is 0. The second-order valence-electron chi connectivity index (χ2n) is 3.27. The van der Waals surface area contributed by atoms with Crippen molar-refractivity contribution in [1.82, 2.24) is 4.90 Å². The zero-order valence-electron chi connectivity index (χ0n) is 9.66. The maximum absolute atomic E-state index is 4.09. The Balaban J connectivity index is 0. The maximum atomic E-state index is 4.09. The lowest BCUT2D eigenvalue weighted by atomic mass is 10.1. The SMILES string of the molecule is CCN=C=NCCC(CC)N(C)C.Cl. The van der Waals surface area contributed by atoms with Gasteiger partial charge >= 0.3 is 0 Å². The fraction of sp³-hybridized carbons (Fsp3) is 0.900. The largest absolute Gasteiger partial charge is 0.306 e. The molecule has 1 unspecified atom stereocenters. The van der Waals surface area contributed by atoms with E-state index in [9.17, 15) is 0 Å². The third-order valence-electron chi connectivity index (χ3n) is 2.08. The van der Waals surface area contributed by atoms with Crippen molar-refractivity contribution in [2.75, 3.05) is 27.2 Å². The maximum Gasteiger partial charge on any atom is 0.0892 e. The van der Waals surface area contributed by atoms with Crippen LogP contribution in [0.3, 0.4) is 0 Å². The van der Waals surface area contributed by atoms with Crippen molar-refractivity contribution < 1.29 is 0 Å². The van der Waals surface area contributed by atoms with Crippen LogP contribution in [0.2, 0.25) is 0 Å². The molecule has 0 heterocycles. The van der Waals surface area contributed by atoms with Crippen molar-refractivity contribution in [3.05, 3.63) is 0 Å². The van der Waals surface area contributed by atoms with Crippen LogP contribution in [-0.2, 0) is 0 Å². The third kappa shape index (κ3) is 8.24. The molecule has 0 rings (SSSR count). The van der Waals surface area contributed by atoms with Crippen molar-refractivity contribution in [2.45, 2.75) is 32.7 Å². The summed E-state index contributed by atoms with van der Waals surface area (Å²) in [5.41, 5.74) is 0. The van der Waals surface area contributed by atoms with E-state index in [-0.39, 0.29) is 12.4 Å². The van der Waals surface area contributed by atoms with Crippen molar-refractivity contribution in [3.8, 4) is 0 Å². The van der Waals surface area contributed by atoms with Crippen LogP contribution >= 0.6 is 12.4 Å². The zero-order chi connectivity index (χ0) is 10.1. The quantitative estimate of drug-likeness (QED) is 0.631. The second kappa shape index (κ2) is 10.7. The van der Waals surface area contributed by atoms with Crippen LogP contribution in [0.1, 0.15) is 26.7 Å². The molecular weight excluding hydrogens is 198 g/mol. The second-order valence-corrected chi connectivity index (χ2v) is 3.27. The number of rotatable bonds is 6. The van der Waals surface area contributed by atoms with Gasteiger partial charge in [0.25, 0.3) is 0 Å². The summed E-state index contributed by atoms with van der Waals surface area (Å²) < 4.78 is 0. The molecule has 0 aromatic carbocycles. The lowest BCUT2D eigenvalue weighted by Gasteiger charge is -2.21. The van der Waals surface area contributed by atoms with Crippen molar-refractivity contribution >= 4 is 18.4 Å². The smallest absolute Gasteiger partial charge is 0.0892 e. The van der Waals surface area contributed by atoms with E-state index in [0.29, 0.717) is 6.04 Å². The first-order valence-corrected chi connectivity index (χ1v) is 4.96. The molecule has 3 nitrogen and oxygen atoms in total. The van der Waals surface area contributed by atoms with Gasteiger partial charge in [0.1, 0.15) is 0 Å². The number of hydrogen-bond acceptors (Lipinski definition) is 3. The molecule has 1 atom stereocenters. The predicted octanol–water partition coefficient (Wildman–Crippen LogP) is 2.33. The van der Waals surface area contributed by atoms with Crippen LogP contribution < -0.4 is 0 Å². The average Bonchev–Trinajstić information content (AvgIpc) is 2.10. The predicted molar refractivity (Wildman–Crippen MR) is 64.9 cm³/mol. The van der Waals surface area contributed by atoms with Crippen LogP contribution in [0.5, 0.6) is 0 Å². The van der Waals surface area contributed by atoms with Gasteiger partial charge in [-0.1, -0.05) is 6.92 Å². The first kappa shape index (κ1) is 16.1. The summed E-state index contributed by atoms with van der Waals surface area (Å²) >= 11 is 0. The summed E-state index contributed by atoms with van der Waals surface area (Å²) in [4.78, 5) is 10.2. The van der Waals surface area contributed by atoms with Crippen molar-refractivity contribution in [3.63, 3.8) is 0 Å². The van der Waals surface area contributed by atoms with E-state index in [0.717, 1.165) is 19.5 Å². The Morgan fingerprint density at radius 2 is 1.86 bits per heavy atom. The van der Waals surface area contributed by atoms with Gasteiger partial charge in [-0.25, -0.2) is 9.98 Å². The number of hydrogen-bond donors (Lipinski definition) is 0. The minimum Gasteiger partial charge on any atom is -0.306 e. The first-order chi connectivity index (χ1) is 6.22. The first-order valence-electron chi connectivity index (χ1n) is 4.96. The van der Waals surface area contributed by atoms with E-state index in [1.54, 1.807) is 0 Å². The highest BCUT2D eigenvalue weighted by Crippen LogP contribution is 2.03. The Kier molecular flexibility index (Phi) is 12.3. The van der Waals surface area contributed by atoms with Crippen LogP contribution in [-0.4, -0.2) is 44.1 Å². The fourth-order valence-electron chi connectivity index (χ4n) is 1.21. The van der Waals surface area contributed by atoms with E-state index in [1.807, 2.05) is 6.92 Å². The molecule has 4 heteroatoms. The van der Waals surface area contributed by atoms with Crippen LogP contribution in [0.25, 0.3) is 0 Å². The van der Waals surface area contributed by atoms with Gasteiger partial charge in [0, 0.05) is 12.6 Å². The standard InChI is InChI=1S/C10H21N3.ClH/c1-5-10(13(3)4)7-8-12-9-11-6-2;/h10H,5-8H2,1-4H3;1H. The Morgan fingerprint density at radius 1 is 1.21 bits per heavy atom. The number of halogens is 1. The number of aliphatic imine (C=N–C) groups is 2. The van der Waals surface area contributed by atoms with E-state index in [2.05, 4.69) is 41.9 Å². The normalized spacial score (nSPS) is 11.5.